The minimum atomic E-state index is -0.313. The fourth-order valence-corrected chi connectivity index (χ4v) is 3.51. The number of pyridine rings is 2. The maximum Gasteiger partial charge on any atom is 0.272 e. The van der Waals surface area contributed by atoms with Gasteiger partial charge < -0.3 is 15.0 Å². The molecule has 4 heterocycles. The van der Waals surface area contributed by atoms with Crippen LogP contribution in [0.4, 0.5) is 11.6 Å². The molecule has 4 rings (SSSR count). The number of nitrogens with zero attached hydrogens (tertiary/aromatic N) is 5. The second-order valence-corrected chi connectivity index (χ2v) is 7.35. The van der Waals surface area contributed by atoms with Crippen molar-refractivity contribution in [2.75, 3.05) is 25.0 Å². The van der Waals surface area contributed by atoms with Crippen LogP contribution in [-0.2, 0) is 4.74 Å². The predicted molar refractivity (Wildman–Crippen MR) is 113 cm³/mol. The van der Waals surface area contributed by atoms with E-state index >= 15 is 0 Å². The lowest BCUT2D eigenvalue weighted by atomic mass is 10.1. The van der Waals surface area contributed by atoms with Gasteiger partial charge in [0.1, 0.15) is 11.8 Å². The highest BCUT2D eigenvalue weighted by atomic mass is 16.5. The van der Waals surface area contributed by atoms with Gasteiger partial charge in [-0.25, -0.2) is 9.97 Å². The smallest absolute Gasteiger partial charge is 0.272 e. The van der Waals surface area contributed by atoms with E-state index in [2.05, 4.69) is 25.3 Å². The number of aryl methyl sites for hydroxylation is 3. The summed E-state index contributed by atoms with van der Waals surface area (Å²) in [5.41, 5.74) is 4.67. The zero-order chi connectivity index (χ0) is 21.1. The molecule has 1 atom stereocenters. The van der Waals surface area contributed by atoms with E-state index in [4.69, 9.17) is 4.74 Å². The number of morpholine rings is 1. The highest BCUT2D eigenvalue weighted by Crippen LogP contribution is 2.25. The molecular formula is C22H24N6O2. The number of anilines is 2. The molecule has 1 saturated heterocycles. The zero-order valence-electron chi connectivity index (χ0n) is 17.3. The average molecular weight is 404 g/mol. The third-order valence-electron chi connectivity index (χ3n) is 4.78. The summed E-state index contributed by atoms with van der Waals surface area (Å²) in [4.78, 5) is 32.2. The first kappa shape index (κ1) is 19.9. The maximum absolute atomic E-state index is 12.8. The summed E-state index contributed by atoms with van der Waals surface area (Å²) in [6, 6.07) is 11.1. The fourth-order valence-electron chi connectivity index (χ4n) is 3.51. The molecule has 0 radical (unpaired) electrons. The van der Waals surface area contributed by atoms with Gasteiger partial charge in [-0.15, -0.1) is 0 Å². The summed E-state index contributed by atoms with van der Waals surface area (Å²) >= 11 is 0. The molecular weight excluding hydrogens is 380 g/mol. The third-order valence-corrected chi connectivity index (χ3v) is 4.78. The molecule has 0 saturated carbocycles. The van der Waals surface area contributed by atoms with Crippen LogP contribution in [0.5, 0.6) is 0 Å². The standard InChI is InChI=1S/C22H24N6O2/c1-14-10-15(2)26-22(25-14)27-17-11-16(3)24-19(12-17)20-13-28(8-9-30-20)21(29)18-6-4-5-7-23-18/h4-7,10-12,20H,8-9,13H2,1-3H3,(H,24,25,26,27). The van der Waals surface area contributed by atoms with E-state index in [1.807, 2.05) is 45.0 Å². The largest absolute Gasteiger partial charge is 0.368 e. The van der Waals surface area contributed by atoms with Crippen molar-refractivity contribution in [2.45, 2.75) is 26.9 Å². The molecule has 1 aliphatic rings. The number of ether oxygens (including phenoxy) is 1. The Bertz CT molecular complexity index is 1040. The van der Waals surface area contributed by atoms with Gasteiger partial charge in [0.2, 0.25) is 5.95 Å². The summed E-state index contributed by atoms with van der Waals surface area (Å²) < 4.78 is 5.94. The van der Waals surface area contributed by atoms with Crippen molar-refractivity contribution in [1.29, 1.82) is 0 Å². The first-order chi connectivity index (χ1) is 14.5. The van der Waals surface area contributed by atoms with E-state index in [1.165, 1.54) is 0 Å². The molecule has 0 aliphatic carbocycles. The van der Waals surface area contributed by atoms with Crippen molar-refractivity contribution < 1.29 is 9.53 Å². The molecule has 1 fully saturated rings. The van der Waals surface area contributed by atoms with E-state index in [-0.39, 0.29) is 12.0 Å². The number of carbonyl (C=O) groups is 1. The lowest BCUT2D eigenvalue weighted by molar-refractivity contribution is -0.0249. The molecule has 0 aromatic carbocycles. The zero-order valence-corrected chi connectivity index (χ0v) is 17.3. The van der Waals surface area contributed by atoms with Crippen LogP contribution in [0.3, 0.4) is 0 Å². The number of hydrogen-bond donors (Lipinski definition) is 1. The van der Waals surface area contributed by atoms with E-state index in [1.54, 1.807) is 23.2 Å². The lowest BCUT2D eigenvalue weighted by Crippen LogP contribution is -2.42. The van der Waals surface area contributed by atoms with Crippen LogP contribution >= 0.6 is 0 Å². The Hall–Kier alpha value is -3.39. The fraction of sp³-hybridized carbons (Fsp3) is 0.318. The number of hydrogen-bond acceptors (Lipinski definition) is 7. The maximum atomic E-state index is 12.8. The average Bonchev–Trinajstić information content (AvgIpc) is 2.73. The third kappa shape index (κ3) is 4.60. The van der Waals surface area contributed by atoms with E-state index in [0.29, 0.717) is 31.3 Å². The molecule has 3 aromatic rings. The Labute approximate surface area is 175 Å². The van der Waals surface area contributed by atoms with Crippen molar-refractivity contribution in [3.8, 4) is 0 Å². The number of amides is 1. The molecule has 1 N–H and O–H groups in total. The summed E-state index contributed by atoms with van der Waals surface area (Å²) in [6.45, 7) is 7.20. The van der Waals surface area contributed by atoms with Gasteiger partial charge in [0.05, 0.1) is 18.8 Å². The summed E-state index contributed by atoms with van der Waals surface area (Å²) in [5, 5.41) is 3.26. The van der Waals surface area contributed by atoms with Gasteiger partial charge in [-0.2, -0.15) is 0 Å². The van der Waals surface area contributed by atoms with Crippen molar-refractivity contribution in [3.63, 3.8) is 0 Å². The molecule has 3 aromatic heterocycles. The topological polar surface area (TPSA) is 93.1 Å². The highest BCUT2D eigenvalue weighted by Gasteiger charge is 2.28. The quantitative estimate of drug-likeness (QED) is 0.714. The van der Waals surface area contributed by atoms with Gasteiger partial charge in [-0.1, -0.05) is 6.07 Å². The predicted octanol–water partition coefficient (Wildman–Crippen LogP) is 3.15. The summed E-state index contributed by atoms with van der Waals surface area (Å²) in [7, 11) is 0. The molecule has 8 nitrogen and oxygen atoms in total. The number of aromatic nitrogens is 4. The van der Waals surface area contributed by atoms with Gasteiger partial charge in [-0.05, 0) is 51.1 Å². The van der Waals surface area contributed by atoms with Crippen molar-refractivity contribution in [1.82, 2.24) is 24.8 Å². The van der Waals surface area contributed by atoms with Crippen LogP contribution in [0, 0.1) is 20.8 Å². The minimum absolute atomic E-state index is 0.0986. The monoisotopic (exact) mass is 404 g/mol. The molecule has 1 amide bonds. The number of rotatable bonds is 4. The molecule has 1 unspecified atom stereocenters. The number of carbonyl (C=O) groups excluding carboxylic acids is 1. The van der Waals surface area contributed by atoms with Crippen LogP contribution in [-0.4, -0.2) is 50.4 Å². The van der Waals surface area contributed by atoms with Crippen LogP contribution in [0.2, 0.25) is 0 Å². The van der Waals surface area contributed by atoms with Crippen LogP contribution in [0.1, 0.15) is 39.4 Å². The van der Waals surface area contributed by atoms with Crippen LogP contribution in [0.15, 0.2) is 42.6 Å². The summed E-state index contributed by atoms with van der Waals surface area (Å²) in [6.07, 6.45) is 1.31. The number of nitrogens with one attached hydrogen (secondary N) is 1. The van der Waals surface area contributed by atoms with E-state index < -0.39 is 0 Å². The van der Waals surface area contributed by atoms with Crippen molar-refractivity contribution >= 4 is 17.5 Å². The lowest BCUT2D eigenvalue weighted by Gasteiger charge is -2.32. The van der Waals surface area contributed by atoms with Gasteiger partial charge in [-0.3, -0.25) is 14.8 Å². The van der Waals surface area contributed by atoms with E-state index in [9.17, 15) is 4.79 Å². The van der Waals surface area contributed by atoms with Crippen LogP contribution < -0.4 is 5.32 Å². The van der Waals surface area contributed by atoms with Crippen molar-refractivity contribution in [2.24, 2.45) is 0 Å². The first-order valence-electron chi connectivity index (χ1n) is 9.88. The summed E-state index contributed by atoms with van der Waals surface area (Å²) in [5.74, 6) is 0.444. The van der Waals surface area contributed by atoms with Gasteiger partial charge in [0, 0.05) is 35.5 Å². The molecule has 154 valence electrons. The Balaban J connectivity index is 1.54. The SMILES string of the molecule is Cc1cc(Nc2nc(C)cc(C)n2)cc(C2CN(C(=O)c3ccccn3)CCO2)n1. The Morgan fingerprint density at radius 2 is 1.83 bits per heavy atom. The molecule has 8 heteroatoms. The normalized spacial score (nSPS) is 16.4. The molecule has 1 aliphatic heterocycles. The minimum Gasteiger partial charge on any atom is -0.368 e. The van der Waals surface area contributed by atoms with Crippen molar-refractivity contribution in [3.05, 3.63) is 71.1 Å². The molecule has 0 bridgehead atoms. The Morgan fingerprint density at radius 3 is 2.57 bits per heavy atom. The van der Waals surface area contributed by atoms with E-state index in [0.717, 1.165) is 28.5 Å². The molecule has 30 heavy (non-hydrogen) atoms. The highest BCUT2D eigenvalue weighted by molar-refractivity contribution is 5.92. The molecule has 0 spiro atoms. The Kier molecular flexibility index (Phi) is 5.67. The second kappa shape index (κ2) is 8.54. The van der Waals surface area contributed by atoms with Gasteiger partial charge in [0.25, 0.3) is 5.91 Å². The first-order valence-corrected chi connectivity index (χ1v) is 9.88. The van der Waals surface area contributed by atoms with Crippen LogP contribution in [0.25, 0.3) is 0 Å². The van der Waals surface area contributed by atoms with Gasteiger partial charge in [0.15, 0.2) is 0 Å². The Morgan fingerprint density at radius 1 is 1.07 bits per heavy atom. The van der Waals surface area contributed by atoms with Gasteiger partial charge >= 0.3 is 0 Å². The second-order valence-electron chi connectivity index (χ2n) is 7.35.